The number of rotatable bonds is 3. The van der Waals surface area contributed by atoms with Gasteiger partial charge in [-0.1, -0.05) is 0 Å². The smallest absolute Gasteiger partial charge is 0.314 e. The number of hydrogen-bond donors (Lipinski definition) is 1. The van der Waals surface area contributed by atoms with Crippen LogP contribution in [0.5, 0.6) is 0 Å². The lowest BCUT2D eigenvalue weighted by molar-refractivity contribution is -0.142. The molecule has 0 spiro atoms. The van der Waals surface area contributed by atoms with E-state index in [1.807, 2.05) is 0 Å². The number of halogens is 4. The third-order valence-corrected chi connectivity index (χ3v) is 4.96. The van der Waals surface area contributed by atoms with Crippen LogP contribution < -0.4 is 5.32 Å². The van der Waals surface area contributed by atoms with Crippen molar-refractivity contribution in [2.45, 2.75) is 30.6 Å². The fraction of sp³-hybridized carbons (Fsp3) is 0.700. The lowest BCUT2D eigenvalue weighted by Gasteiger charge is -2.32. The summed E-state index contributed by atoms with van der Waals surface area (Å²) in [7, 11) is -3.80. The quantitative estimate of drug-likeness (QED) is 0.879. The molecule has 122 valence electrons. The molecule has 1 saturated heterocycles. The molecule has 1 atom stereocenters. The van der Waals surface area contributed by atoms with E-state index in [1.165, 1.54) is 4.31 Å². The van der Waals surface area contributed by atoms with Crippen molar-refractivity contribution in [2.24, 2.45) is 0 Å². The molecule has 0 radical (unpaired) electrons. The fourth-order valence-corrected chi connectivity index (χ4v) is 3.65. The Labute approximate surface area is 126 Å². The van der Waals surface area contributed by atoms with Crippen molar-refractivity contribution in [1.82, 2.24) is 19.4 Å². The minimum Gasteiger partial charge on any atom is -0.314 e. The molecule has 1 N–H and O–H groups in total. The van der Waals surface area contributed by atoms with Crippen LogP contribution in [0.25, 0.3) is 0 Å². The molecule has 0 bridgehead atoms. The molecule has 1 aliphatic heterocycles. The van der Waals surface area contributed by atoms with Gasteiger partial charge in [0.2, 0.25) is 10.0 Å². The summed E-state index contributed by atoms with van der Waals surface area (Å²) >= 11 is 0. The van der Waals surface area contributed by atoms with E-state index >= 15 is 0 Å². The van der Waals surface area contributed by atoms with Crippen LogP contribution in [-0.2, 0) is 16.6 Å². The van der Waals surface area contributed by atoms with E-state index in [-0.39, 0.29) is 29.9 Å². The molecular weight excluding hydrogens is 333 g/mol. The number of nitrogens with zero attached hydrogens (tertiary/aromatic N) is 3. The van der Waals surface area contributed by atoms with Crippen LogP contribution in [0.3, 0.4) is 0 Å². The Hall–Kier alpha value is -0.840. The van der Waals surface area contributed by atoms with Gasteiger partial charge in [0.25, 0.3) is 0 Å². The molecule has 0 amide bonds. The highest BCUT2D eigenvalue weighted by atomic mass is 35.5. The molecule has 0 aliphatic carbocycles. The van der Waals surface area contributed by atoms with Crippen LogP contribution in [0, 0.1) is 0 Å². The van der Waals surface area contributed by atoms with Gasteiger partial charge in [0, 0.05) is 31.9 Å². The van der Waals surface area contributed by atoms with Crippen molar-refractivity contribution >= 4 is 22.4 Å². The van der Waals surface area contributed by atoms with E-state index in [1.54, 1.807) is 6.92 Å². The van der Waals surface area contributed by atoms with Crippen molar-refractivity contribution < 1.29 is 21.6 Å². The third kappa shape index (κ3) is 4.31. The number of sulfonamides is 1. The van der Waals surface area contributed by atoms with Crippen molar-refractivity contribution in [1.29, 1.82) is 0 Å². The zero-order valence-electron chi connectivity index (χ0n) is 11.2. The van der Waals surface area contributed by atoms with Gasteiger partial charge in [0.15, 0.2) is 0 Å². The Bertz CT molecular complexity index is 575. The zero-order valence-corrected chi connectivity index (χ0v) is 12.8. The Balaban J connectivity index is 0.00000220. The van der Waals surface area contributed by atoms with E-state index in [0.717, 1.165) is 12.4 Å². The van der Waals surface area contributed by atoms with Crippen molar-refractivity contribution in [3.63, 3.8) is 0 Å². The summed E-state index contributed by atoms with van der Waals surface area (Å²) in [5.41, 5.74) is 0. The second kappa shape index (κ2) is 6.51. The van der Waals surface area contributed by atoms with Gasteiger partial charge in [-0.25, -0.2) is 8.42 Å². The third-order valence-electron chi connectivity index (χ3n) is 3.00. The maximum atomic E-state index is 12.3. The highest BCUT2D eigenvalue weighted by Gasteiger charge is 2.33. The average molecular weight is 349 g/mol. The van der Waals surface area contributed by atoms with Crippen molar-refractivity contribution in [2.75, 3.05) is 19.6 Å². The molecule has 1 unspecified atom stereocenters. The number of nitrogens with one attached hydrogen (secondary N) is 1. The standard InChI is InChI=1S/C10H15F3N4O2S.ClH/c1-8-4-14-2-3-17(8)20(18,19)9-5-15-16(6-9)7-10(11,12)13;/h5-6,8,14H,2-4,7H2,1H3;1H. The van der Waals surface area contributed by atoms with E-state index in [9.17, 15) is 21.6 Å². The summed E-state index contributed by atoms with van der Waals surface area (Å²) in [5, 5.41) is 6.51. The molecule has 0 aromatic carbocycles. The van der Waals surface area contributed by atoms with Gasteiger partial charge in [0.1, 0.15) is 11.4 Å². The normalized spacial score (nSPS) is 21.0. The van der Waals surface area contributed by atoms with Crippen LogP contribution in [0.4, 0.5) is 13.2 Å². The van der Waals surface area contributed by atoms with E-state index in [0.29, 0.717) is 17.8 Å². The highest BCUT2D eigenvalue weighted by molar-refractivity contribution is 7.89. The topological polar surface area (TPSA) is 67.2 Å². The van der Waals surface area contributed by atoms with E-state index < -0.39 is 22.7 Å². The van der Waals surface area contributed by atoms with Gasteiger partial charge in [-0.2, -0.15) is 22.6 Å². The Kier molecular flexibility index (Phi) is 5.64. The summed E-state index contributed by atoms with van der Waals surface area (Å²) in [6.07, 6.45) is -2.57. The number of piperazine rings is 1. The Morgan fingerprint density at radius 3 is 2.71 bits per heavy atom. The molecule has 0 saturated carbocycles. The predicted octanol–water partition coefficient (Wildman–Crippen LogP) is 0.850. The molecule has 1 aromatic heterocycles. The average Bonchev–Trinajstić information content (AvgIpc) is 2.76. The van der Waals surface area contributed by atoms with Gasteiger partial charge in [-0.05, 0) is 6.92 Å². The maximum Gasteiger partial charge on any atom is 0.408 e. The minimum atomic E-state index is -4.44. The molecule has 1 aromatic rings. The van der Waals surface area contributed by atoms with Gasteiger partial charge >= 0.3 is 6.18 Å². The molecule has 21 heavy (non-hydrogen) atoms. The molecule has 11 heteroatoms. The largest absolute Gasteiger partial charge is 0.408 e. The SMILES string of the molecule is CC1CNCCN1S(=O)(=O)c1cnn(CC(F)(F)F)c1.Cl. The monoisotopic (exact) mass is 348 g/mol. The number of aromatic nitrogens is 2. The molecular formula is C10H16ClF3N4O2S. The van der Waals surface area contributed by atoms with E-state index in [4.69, 9.17) is 0 Å². The van der Waals surface area contributed by atoms with Crippen LogP contribution in [0.2, 0.25) is 0 Å². The molecule has 1 fully saturated rings. The molecule has 2 heterocycles. The van der Waals surface area contributed by atoms with Crippen LogP contribution >= 0.6 is 12.4 Å². The summed E-state index contributed by atoms with van der Waals surface area (Å²) in [4.78, 5) is -0.212. The first-order chi connectivity index (χ1) is 9.20. The van der Waals surface area contributed by atoms with Gasteiger partial charge in [0.05, 0.1) is 6.20 Å². The molecule has 6 nitrogen and oxygen atoms in total. The first-order valence-electron chi connectivity index (χ1n) is 6.02. The first kappa shape index (κ1) is 18.2. The van der Waals surface area contributed by atoms with Crippen LogP contribution in [0.1, 0.15) is 6.92 Å². The second-order valence-electron chi connectivity index (χ2n) is 4.66. The number of hydrogen-bond acceptors (Lipinski definition) is 4. The fourth-order valence-electron chi connectivity index (χ4n) is 2.06. The predicted molar refractivity (Wildman–Crippen MR) is 71.8 cm³/mol. The summed E-state index contributed by atoms with van der Waals surface area (Å²) < 4.78 is 63.2. The summed E-state index contributed by atoms with van der Waals surface area (Å²) in [6, 6.07) is -0.250. The lowest BCUT2D eigenvalue weighted by Crippen LogP contribution is -2.52. The first-order valence-corrected chi connectivity index (χ1v) is 7.46. The molecule has 1 aliphatic rings. The summed E-state index contributed by atoms with van der Waals surface area (Å²) in [5.74, 6) is 0. The van der Waals surface area contributed by atoms with Gasteiger partial charge in [-0.3, -0.25) is 4.68 Å². The summed E-state index contributed by atoms with van der Waals surface area (Å²) in [6.45, 7) is 1.74. The lowest BCUT2D eigenvalue weighted by atomic mass is 10.3. The highest BCUT2D eigenvalue weighted by Crippen LogP contribution is 2.21. The van der Waals surface area contributed by atoms with Crippen LogP contribution in [-0.4, -0.2) is 54.4 Å². The second-order valence-corrected chi connectivity index (χ2v) is 6.55. The Morgan fingerprint density at radius 2 is 2.14 bits per heavy atom. The molecule has 2 rings (SSSR count). The zero-order chi connectivity index (χ0) is 15.0. The van der Waals surface area contributed by atoms with Gasteiger partial charge < -0.3 is 5.32 Å². The maximum absolute atomic E-state index is 12.3. The van der Waals surface area contributed by atoms with E-state index in [2.05, 4.69) is 10.4 Å². The van der Waals surface area contributed by atoms with Crippen LogP contribution in [0.15, 0.2) is 17.3 Å². The van der Waals surface area contributed by atoms with Crippen molar-refractivity contribution in [3.8, 4) is 0 Å². The van der Waals surface area contributed by atoms with Crippen molar-refractivity contribution in [3.05, 3.63) is 12.4 Å². The Morgan fingerprint density at radius 1 is 1.48 bits per heavy atom. The number of alkyl halides is 3. The van der Waals surface area contributed by atoms with Gasteiger partial charge in [-0.15, -0.1) is 12.4 Å². The minimum absolute atomic E-state index is 0.